The minimum Gasteiger partial charge on any atom is -0.350 e. The van der Waals surface area contributed by atoms with E-state index in [0.29, 0.717) is 20.0 Å². The normalized spacial score (nSPS) is 22.0. The van der Waals surface area contributed by atoms with Crippen molar-refractivity contribution in [2.45, 2.75) is 12.9 Å². The van der Waals surface area contributed by atoms with E-state index in [4.69, 9.17) is 14.2 Å². The first kappa shape index (κ1) is 8.69. The lowest BCUT2D eigenvalue weighted by molar-refractivity contribution is -0.113. The van der Waals surface area contributed by atoms with Crippen LogP contribution in [0.15, 0.2) is 30.3 Å². The minimum absolute atomic E-state index is 0.194. The maximum atomic E-state index is 5.44. The van der Waals surface area contributed by atoms with Crippen LogP contribution in [0.3, 0.4) is 0 Å². The second kappa shape index (κ2) is 4.37. The lowest BCUT2D eigenvalue weighted by Gasteiger charge is -2.08. The van der Waals surface area contributed by atoms with Gasteiger partial charge in [0.2, 0.25) is 0 Å². The second-order valence-electron chi connectivity index (χ2n) is 2.88. The van der Waals surface area contributed by atoms with E-state index < -0.39 is 0 Å². The molecule has 3 heteroatoms. The Hall–Kier alpha value is -0.900. The summed E-state index contributed by atoms with van der Waals surface area (Å²) < 4.78 is 15.6. The summed E-state index contributed by atoms with van der Waals surface area (Å²) in [6, 6.07) is 10.0. The molecule has 13 heavy (non-hydrogen) atoms. The Balaban J connectivity index is 1.79. The number of hydrogen-bond acceptors (Lipinski definition) is 3. The number of hydrogen-bond donors (Lipinski definition) is 0. The van der Waals surface area contributed by atoms with Crippen LogP contribution in [0.1, 0.15) is 5.56 Å². The van der Waals surface area contributed by atoms with Crippen molar-refractivity contribution in [3.63, 3.8) is 0 Å². The molecule has 70 valence electrons. The molecule has 0 aromatic heterocycles. The zero-order valence-electron chi connectivity index (χ0n) is 7.31. The summed E-state index contributed by atoms with van der Waals surface area (Å²) in [5, 5.41) is 0. The zero-order chi connectivity index (χ0) is 8.93. The summed E-state index contributed by atoms with van der Waals surface area (Å²) in [6.07, 6.45) is -0.194. The number of rotatable bonds is 3. The molecule has 1 aromatic rings. The highest BCUT2D eigenvalue weighted by Crippen LogP contribution is 2.08. The molecule has 0 spiro atoms. The molecule has 0 radical (unpaired) electrons. The highest BCUT2D eigenvalue weighted by atomic mass is 16.8. The Bertz CT molecular complexity index is 242. The summed E-state index contributed by atoms with van der Waals surface area (Å²) >= 11 is 0. The Morgan fingerprint density at radius 1 is 1.31 bits per heavy atom. The Morgan fingerprint density at radius 3 is 2.85 bits per heavy atom. The van der Waals surface area contributed by atoms with E-state index in [2.05, 4.69) is 0 Å². The van der Waals surface area contributed by atoms with Crippen molar-refractivity contribution in [2.75, 3.05) is 13.4 Å². The molecule has 0 bridgehead atoms. The summed E-state index contributed by atoms with van der Waals surface area (Å²) in [7, 11) is 0. The van der Waals surface area contributed by atoms with Crippen molar-refractivity contribution in [3.05, 3.63) is 35.9 Å². The van der Waals surface area contributed by atoms with Crippen LogP contribution in [0.5, 0.6) is 0 Å². The highest BCUT2D eigenvalue weighted by molar-refractivity contribution is 5.13. The van der Waals surface area contributed by atoms with Gasteiger partial charge < -0.3 is 14.2 Å². The maximum Gasteiger partial charge on any atom is 0.184 e. The van der Waals surface area contributed by atoms with Gasteiger partial charge in [-0.25, -0.2) is 0 Å². The second-order valence-corrected chi connectivity index (χ2v) is 2.88. The molecule has 3 nitrogen and oxygen atoms in total. The van der Waals surface area contributed by atoms with Gasteiger partial charge in [0, 0.05) is 0 Å². The van der Waals surface area contributed by atoms with Crippen molar-refractivity contribution in [3.8, 4) is 0 Å². The fourth-order valence-corrected chi connectivity index (χ4v) is 1.18. The molecule has 2 rings (SSSR count). The molecular weight excluding hydrogens is 168 g/mol. The molecule has 0 saturated carbocycles. The average molecular weight is 180 g/mol. The summed E-state index contributed by atoms with van der Waals surface area (Å²) in [6.45, 7) is 1.46. The van der Waals surface area contributed by atoms with Gasteiger partial charge >= 0.3 is 0 Å². The molecule has 1 saturated heterocycles. The fourth-order valence-electron chi connectivity index (χ4n) is 1.18. The van der Waals surface area contributed by atoms with Gasteiger partial charge in [-0.15, -0.1) is 0 Å². The minimum atomic E-state index is -0.194. The highest BCUT2D eigenvalue weighted by Gasteiger charge is 2.15. The zero-order valence-corrected chi connectivity index (χ0v) is 7.31. The predicted octanol–water partition coefficient (Wildman–Crippen LogP) is 1.53. The SMILES string of the molecule is c1ccc(COC2COCO2)cc1. The maximum absolute atomic E-state index is 5.44. The third-order valence-corrected chi connectivity index (χ3v) is 1.87. The molecule has 1 heterocycles. The van der Waals surface area contributed by atoms with Gasteiger partial charge in [0.1, 0.15) is 13.4 Å². The van der Waals surface area contributed by atoms with Crippen molar-refractivity contribution < 1.29 is 14.2 Å². The van der Waals surface area contributed by atoms with Crippen LogP contribution in [0.4, 0.5) is 0 Å². The molecule has 0 aliphatic carbocycles. The number of ether oxygens (including phenoxy) is 3. The van der Waals surface area contributed by atoms with Crippen molar-refractivity contribution >= 4 is 0 Å². The van der Waals surface area contributed by atoms with Gasteiger partial charge in [-0.2, -0.15) is 0 Å². The van der Waals surface area contributed by atoms with E-state index in [9.17, 15) is 0 Å². The monoisotopic (exact) mass is 180 g/mol. The van der Waals surface area contributed by atoms with Crippen LogP contribution < -0.4 is 0 Å². The molecular formula is C10H12O3. The van der Waals surface area contributed by atoms with E-state index in [-0.39, 0.29) is 6.29 Å². The third kappa shape index (κ3) is 2.52. The fraction of sp³-hybridized carbons (Fsp3) is 0.400. The molecule has 0 amide bonds. The predicted molar refractivity (Wildman–Crippen MR) is 46.9 cm³/mol. The summed E-state index contributed by atoms with van der Waals surface area (Å²) in [5.74, 6) is 0. The molecule has 1 atom stereocenters. The largest absolute Gasteiger partial charge is 0.350 e. The quantitative estimate of drug-likeness (QED) is 0.706. The molecule has 1 unspecified atom stereocenters. The van der Waals surface area contributed by atoms with Crippen molar-refractivity contribution in [2.24, 2.45) is 0 Å². The Morgan fingerprint density at radius 2 is 2.15 bits per heavy atom. The lowest BCUT2D eigenvalue weighted by Crippen LogP contribution is -2.13. The van der Waals surface area contributed by atoms with Gasteiger partial charge in [-0.05, 0) is 5.56 Å². The lowest BCUT2D eigenvalue weighted by atomic mass is 10.2. The summed E-state index contributed by atoms with van der Waals surface area (Å²) in [5.41, 5.74) is 1.15. The molecule has 1 fully saturated rings. The first-order chi connectivity index (χ1) is 6.45. The van der Waals surface area contributed by atoms with Crippen LogP contribution in [0, 0.1) is 0 Å². The first-order valence-electron chi connectivity index (χ1n) is 4.30. The van der Waals surface area contributed by atoms with E-state index in [0.717, 1.165) is 5.56 Å². The van der Waals surface area contributed by atoms with Gasteiger partial charge in [0.05, 0.1) is 6.61 Å². The smallest absolute Gasteiger partial charge is 0.184 e. The van der Waals surface area contributed by atoms with E-state index in [1.54, 1.807) is 0 Å². The summed E-state index contributed by atoms with van der Waals surface area (Å²) in [4.78, 5) is 0. The molecule has 1 aromatic carbocycles. The van der Waals surface area contributed by atoms with Crippen LogP contribution in [0.2, 0.25) is 0 Å². The average Bonchev–Trinajstić information content (AvgIpc) is 2.69. The van der Waals surface area contributed by atoms with Crippen LogP contribution in [-0.2, 0) is 20.8 Å². The van der Waals surface area contributed by atoms with Gasteiger partial charge in [0.15, 0.2) is 6.29 Å². The van der Waals surface area contributed by atoms with Crippen molar-refractivity contribution in [1.29, 1.82) is 0 Å². The molecule has 1 aliphatic rings. The Kier molecular flexibility index (Phi) is 2.92. The first-order valence-corrected chi connectivity index (χ1v) is 4.30. The van der Waals surface area contributed by atoms with Crippen LogP contribution in [0.25, 0.3) is 0 Å². The standard InChI is InChI=1S/C10H12O3/c1-2-4-9(5-3-1)6-12-10-7-11-8-13-10/h1-5,10H,6-8H2. The van der Waals surface area contributed by atoms with Gasteiger partial charge in [-0.1, -0.05) is 30.3 Å². The third-order valence-electron chi connectivity index (χ3n) is 1.87. The van der Waals surface area contributed by atoms with Gasteiger partial charge in [0.25, 0.3) is 0 Å². The Labute approximate surface area is 77.2 Å². The molecule has 1 aliphatic heterocycles. The van der Waals surface area contributed by atoms with E-state index >= 15 is 0 Å². The van der Waals surface area contributed by atoms with Crippen molar-refractivity contribution in [1.82, 2.24) is 0 Å². The van der Waals surface area contributed by atoms with Crippen LogP contribution in [-0.4, -0.2) is 19.7 Å². The van der Waals surface area contributed by atoms with Crippen LogP contribution >= 0.6 is 0 Å². The molecule has 0 N–H and O–H groups in total. The van der Waals surface area contributed by atoms with E-state index in [1.807, 2.05) is 30.3 Å². The number of benzene rings is 1. The van der Waals surface area contributed by atoms with Gasteiger partial charge in [-0.3, -0.25) is 0 Å². The van der Waals surface area contributed by atoms with E-state index in [1.165, 1.54) is 0 Å². The topological polar surface area (TPSA) is 27.7 Å².